The van der Waals surface area contributed by atoms with E-state index in [2.05, 4.69) is 15.1 Å². The molecule has 0 spiro atoms. The second-order valence-corrected chi connectivity index (χ2v) is 7.38. The van der Waals surface area contributed by atoms with Gasteiger partial charge < -0.3 is 14.4 Å². The third-order valence-electron chi connectivity index (χ3n) is 5.50. The number of aromatic nitrogens is 3. The molecule has 0 bridgehead atoms. The lowest BCUT2D eigenvalue weighted by molar-refractivity contribution is 0.395. The van der Waals surface area contributed by atoms with Crippen molar-refractivity contribution in [1.82, 2.24) is 15.1 Å². The topological polar surface area (TPSA) is 81.3 Å². The van der Waals surface area contributed by atoms with Gasteiger partial charge in [-0.1, -0.05) is 24.9 Å². The number of aryl methyl sites for hydroxylation is 2. The van der Waals surface area contributed by atoms with Crippen molar-refractivity contribution in [2.45, 2.75) is 51.9 Å². The summed E-state index contributed by atoms with van der Waals surface area (Å²) >= 11 is 0. The molecule has 6 heteroatoms. The molecular weight excluding hydrogens is 354 g/mol. The number of phenolic OH excluding ortho intramolecular Hbond substituents is 1. The summed E-state index contributed by atoms with van der Waals surface area (Å²) in [6, 6.07) is 7.65. The highest BCUT2D eigenvalue weighted by Crippen LogP contribution is 2.36. The Balaban J connectivity index is 1.71. The molecule has 0 radical (unpaired) electrons. The summed E-state index contributed by atoms with van der Waals surface area (Å²) in [7, 11) is 1.62. The van der Waals surface area contributed by atoms with Crippen LogP contribution in [-0.2, 0) is 6.42 Å². The Hall–Kier alpha value is -2.89. The minimum absolute atomic E-state index is 0.325. The van der Waals surface area contributed by atoms with E-state index in [-0.39, 0.29) is 0 Å². The minimum atomic E-state index is 0.325. The Morgan fingerprint density at radius 3 is 2.61 bits per heavy atom. The number of phenols is 1. The van der Waals surface area contributed by atoms with Gasteiger partial charge in [0.2, 0.25) is 11.7 Å². The maximum Gasteiger partial charge on any atom is 0.258 e. The van der Waals surface area contributed by atoms with E-state index >= 15 is 0 Å². The number of hydrogen-bond acceptors (Lipinski definition) is 6. The zero-order valence-electron chi connectivity index (χ0n) is 16.5. The molecule has 1 aromatic carbocycles. The van der Waals surface area contributed by atoms with Gasteiger partial charge in [0.05, 0.1) is 7.11 Å². The summed E-state index contributed by atoms with van der Waals surface area (Å²) in [5.74, 6) is 2.31. The van der Waals surface area contributed by atoms with Crippen molar-refractivity contribution in [3.05, 3.63) is 41.1 Å². The summed E-state index contributed by atoms with van der Waals surface area (Å²) in [4.78, 5) is 9.23. The molecule has 0 atom stereocenters. The fourth-order valence-corrected chi connectivity index (χ4v) is 3.89. The predicted octanol–water partition coefficient (Wildman–Crippen LogP) is 5.04. The average Bonchev–Trinajstić information content (AvgIpc) is 3.42. The van der Waals surface area contributed by atoms with Crippen molar-refractivity contribution < 1.29 is 14.4 Å². The first-order valence-electron chi connectivity index (χ1n) is 9.82. The van der Waals surface area contributed by atoms with E-state index in [9.17, 15) is 5.11 Å². The normalized spacial score (nSPS) is 14.5. The van der Waals surface area contributed by atoms with Crippen LogP contribution in [0.5, 0.6) is 11.6 Å². The minimum Gasteiger partial charge on any atom is -0.507 e. The first kappa shape index (κ1) is 18.5. The molecule has 0 aliphatic heterocycles. The van der Waals surface area contributed by atoms with Crippen LogP contribution in [0, 0.1) is 6.92 Å². The Morgan fingerprint density at radius 2 is 1.89 bits per heavy atom. The van der Waals surface area contributed by atoms with Crippen molar-refractivity contribution in [3.63, 3.8) is 0 Å². The Morgan fingerprint density at radius 1 is 1.11 bits per heavy atom. The van der Waals surface area contributed by atoms with Crippen molar-refractivity contribution in [3.8, 4) is 34.5 Å². The highest BCUT2D eigenvalue weighted by molar-refractivity contribution is 5.64. The number of ether oxygens (including phenoxy) is 1. The van der Waals surface area contributed by atoms with E-state index in [1.807, 2.05) is 38.1 Å². The van der Waals surface area contributed by atoms with Crippen molar-refractivity contribution in [2.24, 2.45) is 0 Å². The molecule has 2 heterocycles. The lowest BCUT2D eigenvalue weighted by Gasteiger charge is -2.11. The fourth-order valence-electron chi connectivity index (χ4n) is 3.89. The number of pyridine rings is 1. The molecule has 146 valence electrons. The molecule has 0 saturated heterocycles. The Labute approximate surface area is 164 Å². The van der Waals surface area contributed by atoms with Crippen LogP contribution < -0.4 is 4.74 Å². The SMILES string of the molecule is CCc1cc(-c2nc(-c3cc(OC)nc(C4CCCC4)c3)no2)cc(C)c1O. The van der Waals surface area contributed by atoms with E-state index in [4.69, 9.17) is 9.26 Å². The van der Waals surface area contributed by atoms with Gasteiger partial charge in [-0.15, -0.1) is 0 Å². The van der Waals surface area contributed by atoms with Crippen molar-refractivity contribution in [2.75, 3.05) is 7.11 Å². The van der Waals surface area contributed by atoms with Crippen LogP contribution in [0.2, 0.25) is 0 Å². The molecule has 2 aromatic heterocycles. The molecule has 1 aliphatic rings. The summed E-state index contributed by atoms with van der Waals surface area (Å²) in [5, 5.41) is 14.3. The average molecular weight is 379 g/mol. The van der Waals surface area contributed by atoms with Crippen LogP contribution in [0.1, 0.15) is 55.3 Å². The van der Waals surface area contributed by atoms with Crippen LogP contribution in [0.4, 0.5) is 0 Å². The third-order valence-corrected chi connectivity index (χ3v) is 5.50. The van der Waals surface area contributed by atoms with Gasteiger partial charge in [0.15, 0.2) is 0 Å². The summed E-state index contributed by atoms with van der Waals surface area (Å²) < 4.78 is 10.9. The second-order valence-electron chi connectivity index (χ2n) is 7.38. The number of aromatic hydroxyl groups is 1. The van der Waals surface area contributed by atoms with Gasteiger partial charge in [-0.25, -0.2) is 4.98 Å². The molecule has 6 nitrogen and oxygen atoms in total. The quantitative estimate of drug-likeness (QED) is 0.669. The monoisotopic (exact) mass is 379 g/mol. The summed E-state index contributed by atoms with van der Waals surface area (Å²) in [6.45, 7) is 3.88. The molecule has 28 heavy (non-hydrogen) atoms. The zero-order chi connectivity index (χ0) is 19.7. The molecule has 0 amide bonds. The van der Waals surface area contributed by atoms with E-state index < -0.39 is 0 Å². The fraction of sp³-hybridized carbons (Fsp3) is 0.409. The molecule has 1 N–H and O–H groups in total. The van der Waals surface area contributed by atoms with E-state index in [1.165, 1.54) is 12.8 Å². The largest absolute Gasteiger partial charge is 0.507 e. The Bertz CT molecular complexity index is 991. The molecule has 4 rings (SSSR count). The number of benzene rings is 1. The maximum absolute atomic E-state index is 10.2. The van der Waals surface area contributed by atoms with Gasteiger partial charge in [-0.3, -0.25) is 0 Å². The van der Waals surface area contributed by atoms with Gasteiger partial charge in [0.1, 0.15) is 5.75 Å². The zero-order valence-corrected chi connectivity index (χ0v) is 16.5. The molecule has 3 aromatic rings. The van der Waals surface area contributed by atoms with E-state index in [1.54, 1.807) is 7.11 Å². The van der Waals surface area contributed by atoms with Crippen LogP contribution in [0.15, 0.2) is 28.8 Å². The molecule has 1 fully saturated rings. The number of rotatable bonds is 5. The van der Waals surface area contributed by atoms with Gasteiger partial charge in [0.25, 0.3) is 5.89 Å². The molecular formula is C22H25N3O3. The van der Waals surface area contributed by atoms with Gasteiger partial charge >= 0.3 is 0 Å². The number of hydrogen-bond donors (Lipinski definition) is 1. The number of methoxy groups -OCH3 is 1. The van der Waals surface area contributed by atoms with Crippen molar-refractivity contribution in [1.29, 1.82) is 0 Å². The third kappa shape index (κ3) is 3.46. The smallest absolute Gasteiger partial charge is 0.258 e. The second kappa shape index (κ2) is 7.62. The van der Waals surface area contributed by atoms with Gasteiger partial charge in [-0.2, -0.15) is 4.98 Å². The first-order valence-corrected chi connectivity index (χ1v) is 9.82. The summed E-state index contributed by atoms with van der Waals surface area (Å²) in [6.07, 6.45) is 5.53. The first-order chi connectivity index (χ1) is 13.6. The van der Waals surface area contributed by atoms with Crippen molar-refractivity contribution >= 4 is 0 Å². The molecule has 1 saturated carbocycles. The number of nitrogens with zero attached hydrogens (tertiary/aromatic N) is 3. The summed E-state index contributed by atoms with van der Waals surface area (Å²) in [5.41, 5.74) is 4.34. The van der Waals surface area contributed by atoms with Crippen LogP contribution >= 0.6 is 0 Å². The lowest BCUT2D eigenvalue weighted by atomic mass is 10.0. The predicted molar refractivity (Wildman–Crippen MR) is 107 cm³/mol. The van der Waals surface area contributed by atoms with Crippen LogP contribution in [0.3, 0.4) is 0 Å². The standard InChI is InChI=1S/C22H25N3O3/c1-4-14-10-17(9-13(2)20(14)26)22-24-21(25-28-22)16-11-18(15-7-5-6-8-15)23-19(12-16)27-3/h9-12,15,26H,4-8H2,1-3H3. The molecule has 1 aliphatic carbocycles. The van der Waals surface area contributed by atoms with Gasteiger partial charge in [-0.05, 0) is 55.5 Å². The Kier molecular flexibility index (Phi) is 5.03. The van der Waals surface area contributed by atoms with E-state index in [0.29, 0.717) is 29.3 Å². The molecule has 0 unspecified atom stereocenters. The van der Waals surface area contributed by atoms with Crippen LogP contribution in [-0.4, -0.2) is 27.3 Å². The van der Waals surface area contributed by atoms with Crippen LogP contribution in [0.25, 0.3) is 22.8 Å². The maximum atomic E-state index is 10.2. The van der Waals surface area contributed by atoms with E-state index in [0.717, 1.165) is 47.2 Å². The van der Waals surface area contributed by atoms with Gasteiger partial charge in [0, 0.05) is 28.8 Å². The lowest BCUT2D eigenvalue weighted by Crippen LogP contribution is -2.00. The highest BCUT2D eigenvalue weighted by atomic mass is 16.5. The highest BCUT2D eigenvalue weighted by Gasteiger charge is 2.21.